The molecule has 170 valence electrons. The molecule has 0 aliphatic heterocycles. The summed E-state index contributed by atoms with van der Waals surface area (Å²) in [5.41, 5.74) is 10.4. The largest absolute Gasteiger partial charge is 0.396 e. The summed E-state index contributed by atoms with van der Waals surface area (Å²) in [5.74, 6) is 0.472. The van der Waals surface area contributed by atoms with E-state index in [1.165, 1.54) is 18.4 Å². The number of methoxy groups -OCH3 is 1. The van der Waals surface area contributed by atoms with E-state index in [1.807, 2.05) is 24.3 Å². The third-order valence-electron chi connectivity index (χ3n) is 5.73. The standard InChI is InChI=1S/C23H23N5O3S2/c1-31-23(29)28-18-8-7-14(12-26-18)17-10-16(13-4-3-9-25-11-13)19-20(24)22(32-21(19)27-17)33(30)15-5-2-6-15/h3-4,7-12,15,23,29H,2,5-6,24H2,1H3,(H,26,28). The lowest BCUT2D eigenvalue weighted by Crippen LogP contribution is -2.23. The van der Waals surface area contributed by atoms with Gasteiger partial charge in [-0.15, -0.1) is 11.3 Å². The minimum absolute atomic E-state index is 0.174. The van der Waals surface area contributed by atoms with Gasteiger partial charge in [0.05, 0.1) is 22.2 Å². The SMILES string of the molecule is COC(O)Nc1ccc(-c2cc(-c3cccnc3)c3c(N)c(S(=O)C4CCC4)sc3n2)cn1. The maximum Gasteiger partial charge on any atom is 0.236 e. The van der Waals surface area contributed by atoms with Gasteiger partial charge in [-0.1, -0.05) is 12.5 Å². The van der Waals surface area contributed by atoms with Crippen molar-refractivity contribution in [2.45, 2.75) is 35.1 Å². The fraction of sp³-hybridized carbons (Fsp3) is 0.261. The van der Waals surface area contributed by atoms with Crippen LogP contribution >= 0.6 is 11.3 Å². The molecule has 0 spiro atoms. The number of nitrogens with two attached hydrogens (primary N) is 1. The lowest BCUT2D eigenvalue weighted by molar-refractivity contribution is -0.0512. The number of fused-ring (bicyclic) bond motifs is 1. The van der Waals surface area contributed by atoms with Crippen LogP contribution in [0.15, 0.2) is 53.1 Å². The van der Waals surface area contributed by atoms with E-state index in [1.54, 1.807) is 24.7 Å². The van der Waals surface area contributed by atoms with Crippen LogP contribution in [0.2, 0.25) is 0 Å². The number of aliphatic hydroxyl groups excluding tert-OH is 1. The van der Waals surface area contributed by atoms with Gasteiger partial charge < -0.3 is 20.9 Å². The average Bonchev–Trinajstić information content (AvgIpc) is 3.15. The zero-order valence-electron chi connectivity index (χ0n) is 17.9. The molecule has 2 atom stereocenters. The van der Waals surface area contributed by atoms with Gasteiger partial charge in [-0.3, -0.25) is 9.19 Å². The smallest absolute Gasteiger partial charge is 0.236 e. The number of pyridine rings is 3. The summed E-state index contributed by atoms with van der Waals surface area (Å²) in [6.07, 6.45) is 7.10. The Bertz CT molecular complexity index is 1310. The van der Waals surface area contributed by atoms with Gasteiger partial charge in [0.1, 0.15) is 14.9 Å². The van der Waals surface area contributed by atoms with Gasteiger partial charge in [-0.05, 0) is 42.7 Å². The number of ether oxygens (including phenoxy) is 1. The molecule has 1 aliphatic carbocycles. The fourth-order valence-electron chi connectivity index (χ4n) is 3.70. The van der Waals surface area contributed by atoms with Gasteiger partial charge in [-0.2, -0.15) is 0 Å². The van der Waals surface area contributed by atoms with Crippen molar-refractivity contribution in [1.29, 1.82) is 0 Å². The monoisotopic (exact) mass is 481 g/mol. The molecule has 4 heterocycles. The Morgan fingerprint density at radius 1 is 1.27 bits per heavy atom. The lowest BCUT2D eigenvalue weighted by atomic mass is 10.00. The highest BCUT2D eigenvalue weighted by molar-refractivity contribution is 7.88. The Morgan fingerprint density at radius 2 is 2.12 bits per heavy atom. The van der Waals surface area contributed by atoms with Crippen LogP contribution in [0.5, 0.6) is 0 Å². The van der Waals surface area contributed by atoms with E-state index in [0.29, 0.717) is 15.7 Å². The molecule has 0 aromatic carbocycles. The summed E-state index contributed by atoms with van der Waals surface area (Å²) in [4.78, 5) is 14.2. The van der Waals surface area contributed by atoms with E-state index in [2.05, 4.69) is 15.3 Å². The first kappa shape index (κ1) is 21.9. The van der Waals surface area contributed by atoms with E-state index in [9.17, 15) is 9.32 Å². The Labute approximate surface area is 197 Å². The number of anilines is 2. The summed E-state index contributed by atoms with van der Waals surface area (Å²) in [7, 11) is 0.263. The van der Waals surface area contributed by atoms with Gasteiger partial charge in [0.25, 0.3) is 0 Å². The quantitative estimate of drug-likeness (QED) is 0.339. The molecular formula is C23H23N5O3S2. The van der Waals surface area contributed by atoms with Crippen LogP contribution in [0.25, 0.3) is 32.6 Å². The van der Waals surface area contributed by atoms with Gasteiger partial charge >= 0.3 is 0 Å². The third kappa shape index (κ3) is 4.22. The van der Waals surface area contributed by atoms with Crippen LogP contribution in [-0.4, -0.2) is 43.0 Å². The first-order chi connectivity index (χ1) is 16.0. The number of aromatic nitrogens is 3. The second-order valence-electron chi connectivity index (χ2n) is 7.79. The number of hydrogen-bond donors (Lipinski definition) is 3. The maximum absolute atomic E-state index is 13.1. The van der Waals surface area contributed by atoms with E-state index < -0.39 is 17.2 Å². The Kier molecular flexibility index (Phi) is 6.07. The van der Waals surface area contributed by atoms with Gasteiger partial charge in [-0.25, -0.2) is 9.97 Å². The minimum atomic E-state index is -1.14. The van der Waals surface area contributed by atoms with Crippen molar-refractivity contribution in [3.8, 4) is 22.4 Å². The predicted octanol–water partition coefficient (Wildman–Crippen LogP) is 4.00. The Morgan fingerprint density at radius 3 is 2.76 bits per heavy atom. The van der Waals surface area contributed by atoms with Gasteiger partial charge in [0.2, 0.25) is 6.41 Å². The minimum Gasteiger partial charge on any atom is -0.396 e. The van der Waals surface area contributed by atoms with Gasteiger partial charge in [0.15, 0.2) is 0 Å². The molecule has 33 heavy (non-hydrogen) atoms. The molecule has 1 aliphatic rings. The summed E-state index contributed by atoms with van der Waals surface area (Å²) in [6.45, 7) is 0. The fourth-order valence-corrected chi connectivity index (χ4v) is 6.91. The molecule has 1 saturated carbocycles. The third-order valence-corrected chi connectivity index (χ3v) is 9.03. The van der Waals surface area contributed by atoms with Crippen LogP contribution in [0.4, 0.5) is 11.5 Å². The number of nitrogens with one attached hydrogen (secondary N) is 1. The molecule has 4 aromatic rings. The molecule has 0 bridgehead atoms. The molecule has 5 rings (SSSR count). The van der Waals surface area contributed by atoms with Crippen molar-refractivity contribution < 1.29 is 14.1 Å². The Hall–Kier alpha value is -2.92. The normalized spacial score (nSPS) is 15.8. The number of nitrogens with zero attached hydrogens (tertiary/aromatic N) is 3. The summed E-state index contributed by atoms with van der Waals surface area (Å²) < 4.78 is 18.6. The Balaban J connectivity index is 1.62. The summed E-state index contributed by atoms with van der Waals surface area (Å²) in [5, 5.41) is 13.3. The van der Waals surface area contributed by atoms with E-state index in [4.69, 9.17) is 15.5 Å². The summed E-state index contributed by atoms with van der Waals surface area (Å²) >= 11 is 1.40. The zero-order chi connectivity index (χ0) is 22.9. The van der Waals surface area contributed by atoms with Crippen LogP contribution in [0.3, 0.4) is 0 Å². The molecule has 10 heteroatoms. The molecule has 2 unspecified atom stereocenters. The van der Waals surface area contributed by atoms with Crippen LogP contribution in [-0.2, 0) is 15.5 Å². The van der Waals surface area contributed by atoms with E-state index >= 15 is 0 Å². The molecule has 0 amide bonds. The van der Waals surface area contributed by atoms with Crippen LogP contribution in [0, 0.1) is 0 Å². The number of aliphatic hydroxyl groups is 1. The molecule has 4 aromatic heterocycles. The first-order valence-electron chi connectivity index (χ1n) is 10.5. The molecule has 0 saturated heterocycles. The second-order valence-corrected chi connectivity index (χ2v) is 10.7. The van der Waals surface area contributed by atoms with Crippen molar-refractivity contribution in [3.63, 3.8) is 0 Å². The molecule has 1 fully saturated rings. The van der Waals surface area contributed by atoms with Crippen LogP contribution in [0.1, 0.15) is 19.3 Å². The van der Waals surface area contributed by atoms with Crippen LogP contribution < -0.4 is 11.1 Å². The molecule has 0 radical (unpaired) electrons. The second kappa shape index (κ2) is 9.14. The number of rotatable bonds is 7. The highest BCUT2D eigenvalue weighted by Crippen LogP contribution is 2.44. The lowest BCUT2D eigenvalue weighted by Gasteiger charge is -2.23. The summed E-state index contributed by atoms with van der Waals surface area (Å²) in [6, 6.07) is 9.42. The van der Waals surface area contributed by atoms with Crippen molar-refractivity contribution in [1.82, 2.24) is 15.0 Å². The highest BCUT2D eigenvalue weighted by atomic mass is 32.2. The number of nitrogen functional groups attached to an aromatic ring is 1. The predicted molar refractivity (Wildman–Crippen MR) is 131 cm³/mol. The average molecular weight is 482 g/mol. The number of thiophene rings is 1. The van der Waals surface area contributed by atoms with Crippen molar-refractivity contribution in [3.05, 3.63) is 48.9 Å². The maximum atomic E-state index is 13.1. The topological polar surface area (TPSA) is 123 Å². The van der Waals surface area contributed by atoms with E-state index in [0.717, 1.165) is 51.9 Å². The first-order valence-corrected chi connectivity index (χ1v) is 12.6. The molecule has 8 nitrogen and oxygen atoms in total. The highest BCUT2D eigenvalue weighted by Gasteiger charge is 2.29. The molecule has 4 N–H and O–H groups in total. The van der Waals surface area contributed by atoms with E-state index in [-0.39, 0.29) is 5.25 Å². The number of hydrogen-bond acceptors (Lipinski definition) is 9. The zero-order valence-corrected chi connectivity index (χ0v) is 19.5. The van der Waals surface area contributed by atoms with Gasteiger partial charge in [0, 0.05) is 47.5 Å². The van der Waals surface area contributed by atoms with Crippen molar-refractivity contribution >= 4 is 43.9 Å². The molecular weight excluding hydrogens is 458 g/mol. The van der Waals surface area contributed by atoms with Crippen molar-refractivity contribution in [2.75, 3.05) is 18.2 Å². The van der Waals surface area contributed by atoms with Crippen molar-refractivity contribution in [2.24, 2.45) is 0 Å².